The number of hydrogen-bond donors (Lipinski definition) is 3. The van der Waals surface area contributed by atoms with Gasteiger partial charge in [0, 0.05) is 42.2 Å². The standard InChI is InChI=1S/C25H25N7O/c1-17-6-8-18(9-7-17)25(33)27-15-13-24-30-29-23-11-10-22(31-32(23)24)26-14-12-19-16-28-21-5-3-2-4-20(19)21/h2-11,16,28H,12-15H2,1H3,(H,26,31)(H,27,33). The minimum Gasteiger partial charge on any atom is -0.368 e. The zero-order chi connectivity index (χ0) is 22.6. The van der Waals surface area contributed by atoms with Gasteiger partial charge >= 0.3 is 0 Å². The molecular weight excluding hydrogens is 414 g/mol. The molecule has 3 aromatic heterocycles. The van der Waals surface area contributed by atoms with E-state index < -0.39 is 0 Å². The minimum atomic E-state index is -0.101. The van der Waals surface area contributed by atoms with Crippen LogP contribution in [0.1, 0.15) is 27.3 Å². The Kier molecular flexibility index (Phi) is 5.72. The molecule has 0 saturated carbocycles. The zero-order valence-corrected chi connectivity index (χ0v) is 18.4. The number of benzene rings is 2. The summed E-state index contributed by atoms with van der Waals surface area (Å²) in [5.41, 5.74) is 4.87. The number of aryl methyl sites for hydroxylation is 1. The van der Waals surface area contributed by atoms with Crippen LogP contribution in [0.3, 0.4) is 0 Å². The maximum Gasteiger partial charge on any atom is 0.251 e. The second-order valence-electron chi connectivity index (χ2n) is 8.01. The molecule has 0 spiro atoms. The third-order valence-electron chi connectivity index (χ3n) is 5.65. The highest BCUT2D eigenvalue weighted by Gasteiger charge is 2.10. The van der Waals surface area contributed by atoms with Gasteiger partial charge in [-0.3, -0.25) is 4.79 Å². The number of nitrogens with one attached hydrogen (secondary N) is 3. The highest BCUT2D eigenvalue weighted by atomic mass is 16.1. The predicted molar refractivity (Wildman–Crippen MR) is 128 cm³/mol. The summed E-state index contributed by atoms with van der Waals surface area (Å²) in [7, 11) is 0. The van der Waals surface area contributed by atoms with Crippen LogP contribution in [0.25, 0.3) is 16.6 Å². The average Bonchev–Trinajstić information content (AvgIpc) is 3.44. The number of rotatable bonds is 8. The third-order valence-corrected chi connectivity index (χ3v) is 5.65. The molecule has 0 atom stereocenters. The number of para-hydroxylation sites is 1. The molecule has 0 aliphatic heterocycles. The number of aromatic amines is 1. The van der Waals surface area contributed by atoms with Crippen molar-refractivity contribution in [3.05, 3.63) is 89.4 Å². The molecule has 0 radical (unpaired) electrons. The first-order chi connectivity index (χ1) is 16.2. The van der Waals surface area contributed by atoms with Crippen LogP contribution in [0.2, 0.25) is 0 Å². The second-order valence-corrected chi connectivity index (χ2v) is 8.01. The number of aromatic nitrogens is 5. The van der Waals surface area contributed by atoms with Gasteiger partial charge in [-0.2, -0.15) is 4.52 Å². The molecular formula is C25H25N7O. The quantitative estimate of drug-likeness (QED) is 0.343. The van der Waals surface area contributed by atoms with E-state index in [0.717, 1.165) is 29.9 Å². The Bertz CT molecular complexity index is 1400. The van der Waals surface area contributed by atoms with E-state index in [4.69, 9.17) is 0 Å². The van der Waals surface area contributed by atoms with Crippen LogP contribution in [0.5, 0.6) is 0 Å². The Hall–Kier alpha value is -4.20. The van der Waals surface area contributed by atoms with Crippen LogP contribution >= 0.6 is 0 Å². The average molecular weight is 440 g/mol. The van der Waals surface area contributed by atoms with Gasteiger partial charge < -0.3 is 15.6 Å². The zero-order valence-electron chi connectivity index (χ0n) is 18.4. The number of H-pyrrole nitrogens is 1. The lowest BCUT2D eigenvalue weighted by Crippen LogP contribution is -2.26. The number of anilines is 1. The topological polar surface area (TPSA) is 100 Å². The molecule has 166 valence electrons. The molecule has 0 bridgehead atoms. The summed E-state index contributed by atoms with van der Waals surface area (Å²) < 4.78 is 1.73. The summed E-state index contributed by atoms with van der Waals surface area (Å²) in [6.45, 7) is 3.20. The summed E-state index contributed by atoms with van der Waals surface area (Å²) in [5, 5.41) is 20.6. The van der Waals surface area contributed by atoms with E-state index in [-0.39, 0.29) is 5.91 Å². The van der Waals surface area contributed by atoms with Crippen LogP contribution in [0, 0.1) is 6.92 Å². The molecule has 1 amide bonds. The monoisotopic (exact) mass is 439 g/mol. The Morgan fingerprint density at radius 3 is 2.70 bits per heavy atom. The van der Waals surface area contributed by atoms with Gasteiger partial charge in [-0.25, -0.2) is 0 Å². The molecule has 8 heteroatoms. The summed E-state index contributed by atoms with van der Waals surface area (Å²) >= 11 is 0. The fourth-order valence-electron chi connectivity index (χ4n) is 3.84. The van der Waals surface area contributed by atoms with Crippen LogP contribution in [0.15, 0.2) is 66.9 Å². The fraction of sp³-hybridized carbons (Fsp3) is 0.200. The summed E-state index contributed by atoms with van der Waals surface area (Å²) in [6.07, 6.45) is 3.47. The molecule has 5 rings (SSSR count). The molecule has 33 heavy (non-hydrogen) atoms. The maximum absolute atomic E-state index is 12.3. The smallest absolute Gasteiger partial charge is 0.251 e. The van der Waals surface area contributed by atoms with Crippen molar-refractivity contribution >= 4 is 28.3 Å². The molecule has 2 aromatic carbocycles. The first-order valence-electron chi connectivity index (χ1n) is 11.0. The molecule has 0 saturated heterocycles. The highest BCUT2D eigenvalue weighted by Crippen LogP contribution is 2.18. The minimum absolute atomic E-state index is 0.101. The molecule has 0 fully saturated rings. The van der Waals surface area contributed by atoms with Gasteiger partial charge in [-0.15, -0.1) is 15.3 Å². The summed E-state index contributed by atoms with van der Waals surface area (Å²) in [6, 6.07) is 19.6. The van der Waals surface area contributed by atoms with E-state index in [2.05, 4.69) is 55.3 Å². The Labute approximate surface area is 191 Å². The molecule has 0 aliphatic carbocycles. The normalized spacial score (nSPS) is 11.2. The molecule has 0 unspecified atom stereocenters. The van der Waals surface area contributed by atoms with Gasteiger partial charge in [0.05, 0.1) is 0 Å². The van der Waals surface area contributed by atoms with Crippen LogP contribution in [-0.2, 0) is 12.8 Å². The lowest BCUT2D eigenvalue weighted by atomic mass is 10.1. The second kappa shape index (κ2) is 9.12. The fourth-order valence-corrected chi connectivity index (χ4v) is 3.84. The first-order valence-corrected chi connectivity index (χ1v) is 11.0. The highest BCUT2D eigenvalue weighted by molar-refractivity contribution is 5.94. The van der Waals surface area contributed by atoms with Gasteiger partial charge in [0.15, 0.2) is 11.5 Å². The van der Waals surface area contributed by atoms with Crippen molar-refractivity contribution < 1.29 is 4.79 Å². The summed E-state index contributed by atoms with van der Waals surface area (Å²) in [4.78, 5) is 15.6. The van der Waals surface area contributed by atoms with Crippen molar-refractivity contribution in [2.24, 2.45) is 0 Å². The van der Waals surface area contributed by atoms with Gasteiger partial charge in [0.2, 0.25) is 0 Å². The van der Waals surface area contributed by atoms with E-state index in [1.54, 1.807) is 4.52 Å². The van der Waals surface area contributed by atoms with Crippen molar-refractivity contribution in [3.8, 4) is 0 Å². The number of hydrogen-bond acceptors (Lipinski definition) is 5. The van der Waals surface area contributed by atoms with Crippen molar-refractivity contribution in [1.82, 2.24) is 30.1 Å². The van der Waals surface area contributed by atoms with Crippen LogP contribution in [0.4, 0.5) is 5.82 Å². The first kappa shape index (κ1) is 20.7. The SMILES string of the molecule is Cc1ccc(C(=O)NCCc2nnc3ccc(NCCc4c[nH]c5ccccc45)nn23)cc1. The van der Waals surface area contributed by atoms with E-state index >= 15 is 0 Å². The molecule has 3 N–H and O–H groups in total. The Morgan fingerprint density at radius 1 is 0.970 bits per heavy atom. The number of nitrogens with zero attached hydrogens (tertiary/aromatic N) is 4. The number of amides is 1. The maximum atomic E-state index is 12.3. The lowest BCUT2D eigenvalue weighted by Gasteiger charge is -2.07. The Balaban J connectivity index is 1.19. The van der Waals surface area contributed by atoms with E-state index in [1.165, 1.54) is 10.9 Å². The van der Waals surface area contributed by atoms with Crippen molar-refractivity contribution in [1.29, 1.82) is 0 Å². The van der Waals surface area contributed by atoms with E-state index in [0.29, 0.717) is 30.0 Å². The third kappa shape index (κ3) is 4.55. The van der Waals surface area contributed by atoms with Gasteiger partial charge in [-0.1, -0.05) is 35.9 Å². The predicted octanol–water partition coefficient (Wildman–Crippen LogP) is 3.54. The van der Waals surface area contributed by atoms with Crippen LogP contribution < -0.4 is 10.6 Å². The van der Waals surface area contributed by atoms with Crippen molar-refractivity contribution in [2.45, 2.75) is 19.8 Å². The van der Waals surface area contributed by atoms with Gasteiger partial charge in [0.25, 0.3) is 5.91 Å². The number of carbonyl (C=O) groups is 1. The lowest BCUT2D eigenvalue weighted by molar-refractivity contribution is 0.0954. The molecule has 0 aliphatic rings. The molecule has 8 nitrogen and oxygen atoms in total. The number of fused-ring (bicyclic) bond motifs is 2. The Morgan fingerprint density at radius 2 is 1.82 bits per heavy atom. The van der Waals surface area contributed by atoms with E-state index in [9.17, 15) is 4.79 Å². The van der Waals surface area contributed by atoms with E-state index in [1.807, 2.05) is 49.4 Å². The van der Waals surface area contributed by atoms with Crippen molar-refractivity contribution in [2.75, 3.05) is 18.4 Å². The molecule has 5 aromatic rings. The largest absolute Gasteiger partial charge is 0.368 e. The number of carbonyl (C=O) groups excluding carboxylic acids is 1. The van der Waals surface area contributed by atoms with Gasteiger partial charge in [-0.05, 0) is 49.2 Å². The summed E-state index contributed by atoms with van der Waals surface area (Å²) in [5.74, 6) is 1.36. The van der Waals surface area contributed by atoms with Crippen molar-refractivity contribution in [3.63, 3.8) is 0 Å². The molecule has 3 heterocycles. The van der Waals surface area contributed by atoms with Gasteiger partial charge in [0.1, 0.15) is 5.82 Å². The van der Waals surface area contributed by atoms with Crippen LogP contribution in [-0.4, -0.2) is 43.8 Å².